The number of rotatable bonds is 4. The molecular weight excluding hydrogens is 637 g/mol. The average Bonchev–Trinajstić information content (AvgIpc) is 3.74. The molecule has 4 heteroatoms. The van der Waals surface area contributed by atoms with Crippen LogP contribution in [0.4, 0.5) is 5.69 Å². The van der Waals surface area contributed by atoms with Crippen LogP contribution < -0.4 is 9.64 Å². The number of para-hydroxylation sites is 2. The number of ether oxygens (including phenoxy) is 2. The van der Waals surface area contributed by atoms with Crippen LogP contribution in [0.3, 0.4) is 0 Å². The molecule has 0 saturated carbocycles. The molecule has 1 unspecified atom stereocenters. The number of anilines is 1. The minimum atomic E-state index is -0.840. The van der Waals surface area contributed by atoms with Crippen LogP contribution in [0.15, 0.2) is 146 Å². The summed E-state index contributed by atoms with van der Waals surface area (Å²) in [5.74, 6) is 0.942. The number of aromatic nitrogens is 1. The molecule has 1 aliphatic carbocycles. The summed E-state index contributed by atoms with van der Waals surface area (Å²) in [7, 11) is 0. The van der Waals surface area contributed by atoms with Crippen LogP contribution in [0.2, 0.25) is 0 Å². The zero-order chi connectivity index (χ0) is 34.4. The van der Waals surface area contributed by atoms with Gasteiger partial charge in [0, 0.05) is 62.7 Å². The molecule has 0 spiro atoms. The third-order valence-corrected chi connectivity index (χ3v) is 11.6. The van der Waals surface area contributed by atoms with E-state index in [1.807, 2.05) is 0 Å². The Morgan fingerprint density at radius 2 is 1.13 bits per heavy atom. The van der Waals surface area contributed by atoms with E-state index in [1.165, 1.54) is 60.7 Å². The molecule has 0 N–H and O–H groups in total. The lowest BCUT2D eigenvalue weighted by molar-refractivity contribution is 0.122. The molecule has 3 heterocycles. The molecule has 0 bridgehead atoms. The van der Waals surface area contributed by atoms with Crippen molar-refractivity contribution in [3.63, 3.8) is 0 Å². The first-order valence-corrected chi connectivity index (χ1v) is 18.3. The topological polar surface area (TPSA) is 26.6 Å². The molecule has 8 aromatic rings. The number of benzene rings is 7. The van der Waals surface area contributed by atoms with E-state index in [0.717, 1.165) is 59.8 Å². The van der Waals surface area contributed by atoms with Crippen molar-refractivity contribution in [3.05, 3.63) is 168 Å². The van der Waals surface area contributed by atoms with Crippen molar-refractivity contribution >= 4 is 44.3 Å². The number of hydrogen-bond acceptors (Lipinski definition) is 3. The van der Waals surface area contributed by atoms with Gasteiger partial charge in [0.15, 0.2) is 5.60 Å². The van der Waals surface area contributed by atoms with Gasteiger partial charge in [-0.2, -0.15) is 0 Å². The van der Waals surface area contributed by atoms with Crippen molar-refractivity contribution in [3.8, 4) is 33.7 Å². The highest BCUT2D eigenvalue weighted by Gasteiger charge is 2.40. The SMILES string of the molecule is Cc1c2c(c3cccc4c3c1-c1ccccc1-4)OC(c1ccc(N3CCOCC3)cc1)(c1ccc(-n3c4ccccc4c4ccccc43)cc1)C=C2. The monoisotopic (exact) mass is 672 g/mol. The zero-order valence-electron chi connectivity index (χ0n) is 29.0. The lowest BCUT2D eigenvalue weighted by atomic mass is 9.81. The third-order valence-electron chi connectivity index (χ3n) is 11.6. The first kappa shape index (κ1) is 29.6. The van der Waals surface area contributed by atoms with E-state index in [9.17, 15) is 0 Å². The molecule has 1 aromatic heterocycles. The van der Waals surface area contributed by atoms with E-state index in [0.29, 0.717) is 0 Å². The van der Waals surface area contributed by atoms with Gasteiger partial charge in [0.05, 0.1) is 24.2 Å². The maximum Gasteiger partial charge on any atom is 0.178 e. The van der Waals surface area contributed by atoms with Gasteiger partial charge in [-0.1, -0.05) is 109 Å². The highest BCUT2D eigenvalue weighted by molar-refractivity contribution is 6.19. The molecule has 7 aromatic carbocycles. The number of hydrogen-bond donors (Lipinski definition) is 0. The first-order chi connectivity index (χ1) is 25.7. The molecule has 4 nitrogen and oxygen atoms in total. The molecule has 1 saturated heterocycles. The second kappa shape index (κ2) is 11.2. The van der Waals surface area contributed by atoms with E-state index in [4.69, 9.17) is 9.47 Å². The summed E-state index contributed by atoms with van der Waals surface area (Å²) in [6, 6.07) is 50.8. The molecule has 0 radical (unpaired) electrons. The Morgan fingerprint density at radius 3 is 1.83 bits per heavy atom. The fourth-order valence-electron chi connectivity index (χ4n) is 9.13. The number of nitrogens with zero attached hydrogens (tertiary/aromatic N) is 2. The number of fused-ring (bicyclic) bond motifs is 8. The normalized spacial score (nSPS) is 17.4. The Hall–Kier alpha value is -6.10. The van der Waals surface area contributed by atoms with Gasteiger partial charge in [-0.05, 0) is 77.2 Å². The minimum Gasteiger partial charge on any atom is -0.472 e. The van der Waals surface area contributed by atoms with Crippen LogP contribution in [-0.4, -0.2) is 30.9 Å². The van der Waals surface area contributed by atoms with Gasteiger partial charge < -0.3 is 18.9 Å². The van der Waals surface area contributed by atoms with E-state index in [2.05, 4.69) is 168 Å². The zero-order valence-corrected chi connectivity index (χ0v) is 29.0. The molecule has 3 aliphatic rings. The quantitative estimate of drug-likeness (QED) is 0.186. The van der Waals surface area contributed by atoms with Crippen LogP contribution in [0.1, 0.15) is 22.3 Å². The summed E-state index contributed by atoms with van der Waals surface area (Å²) in [6.45, 7) is 5.57. The predicted molar refractivity (Wildman–Crippen MR) is 214 cm³/mol. The van der Waals surface area contributed by atoms with Crippen molar-refractivity contribution in [1.82, 2.24) is 4.57 Å². The summed E-state index contributed by atoms with van der Waals surface area (Å²) in [4.78, 5) is 2.40. The van der Waals surface area contributed by atoms with Crippen molar-refractivity contribution in [2.45, 2.75) is 12.5 Å². The van der Waals surface area contributed by atoms with Crippen molar-refractivity contribution in [2.75, 3.05) is 31.2 Å². The second-order valence-electron chi connectivity index (χ2n) is 14.3. The van der Waals surface area contributed by atoms with Gasteiger partial charge in [-0.25, -0.2) is 0 Å². The summed E-state index contributed by atoms with van der Waals surface area (Å²) in [5.41, 5.74) is 13.7. The fraction of sp³-hybridized carbons (Fsp3) is 0.125. The molecule has 1 atom stereocenters. The number of morpholine rings is 1. The van der Waals surface area contributed by atoms with Gasteiger partial charge in [-0.15, -0.1) is 0 Å². The summed E-state index contributed by atoms with van der Waals surface area (Å²) in [5, 5.41) is 4.96. The van der Waals surface area contributed by atoms with Gasteiger partial charge in [0.2, 0.25) is 0 Å². The van der Waals surface area contributed by atoms with Crippen LogP contribution in [0.5, 0.6) is 5.75 Å². The highest BCUT2D eigenvalue weighted by Crippen LogP contribution is 2.55. The Kier molecular flexibility index (Phi) is 6.38. The van der Waals surface area contributed by atoms with Crippen LogP contribution in [0.25, 0.3) is 66.6 Å². The fourth-order valence-corrected chi connectivity index (χ4v) is 9.13. The largest absolute Gasteiger partial charge is 0.472 e. The standard InChI is InChI=1S/C48H36N2O2/c1-31-36-25-26-48(32-17-21-34(22-18-32)49-27-29-51-30-28-49,52-47(36)42-14-8-13-41-37-9-2-3-12-40(37)45(31)46(41)42)33-19-23-35(24-20-33)50-43-15-6-4-10-38(43)39-11-5-7-16-44(39)50/h2-26H,27-30H2,1H3. The van der Waals surface area contributed by atoms with Crippen molar-refractivity contribution in [1.29, 1.82) is 0 Å². The van der Waals surface area contributed by atoms with Gasteiger partial charge in [0.1, 0.15) is 5.75 Å². The molecular formula is C48H36N2O2. The lowest BCUT2D eigenvalue weighted by Gasteiger charge is -2.38. The summed E-state index contributed by atoms with van der Waals surface area (Å²) >= 11 is 0. The van der Waals surface area contributed by atoms with Gasteiger partial charge in [-0.3, -0.25) is 0 Å². The minimum absolute atomic E-state index is 0.757. The third kappa shape index (κ3) is 4.13. The smallest absolute Gasteiger partial charge is 0.178 e. The molecule has 52 heavy (non-hydrogen) atoms. The van der Waals surface area contributed by atoms with Crippen molar-refractivity contribution < 1.29 is 9.47 Å². The summed E-state index contributed by atoms with van der Waals surface area (Å²) < 4.78 is 15.6. The van der Waals surface area contributed by atoms with Crippen LogP contribution in [0, 0.1) is 6.92 Å². The Bertz CT molecular complexity index is 2700. The lowest BCUT2D eigenvalue weighted by Crippen LogP contribution is -2.37. The predicted octanol–water partition coefficient (Wildman–Crippen LogP) is 11.1. The first-order valence-electron chi connectivity index (χ1n) is 18.3. The van der Waals surface area contributed by atoms with Crippen molar-refractivity contribution in [2.24, 2.45) is 0 Å². The van der Waals surface area contributed by atoms with Gasteiger partial charge in [0.25, 0.3) is 0 Å². The molecule has 250 valence electrons. The Morgan fingerprint density at radius 1 is 0.558 bits per heavy atom. The van der Waals surface area contributed by atoms with E-state index < -0.39 is 5.60 Å². The maximum absolute atomic E-state index is 7.55. The van der Waals surface area contributed by atoms with Gasteiger partial charge >= 0.3 is 0 Å². The highest BCUT2D eigenvalue weighted by atomic mass is 16.5. The molecule has 1 fully saturated rings. The van der Waals surface area contributed by atoms with Crippen LogP contribution in [-0.2, 0) is 10.3 Å². The Labute approximate surface area is 302 Å². The average molecular weight is 673 g/mol. The molecule has 2 aliphatic heterocycles. The molecule has 11 rings (SSSR count). The Balaban J connectivity index is 1.09. The molecule has 0 amide bonds. The van der Waals surface area contributed by atoms with E-state index >= 15 is 0 Å². The van der Waals surface area contributed by atoms with Crippen LogP contribution >= 0.6 is 0 Å². The van der Waals surface area contributed by atoms with E-state index in [1.54, 1.807) is 0 Å². The second-order valence-corrected chi connectivity index (χ2v) is 14.3. The summed E-state index contributed by atoms with van der Waals surface area (Å²) in [6.07, 6.45) is 4.60. The van der Waals surface area contributed by atoms with E-state index in [-0.39, 0.29) is 0 Å². The maximum atomic E-state index is 7.55.